The van der Waals surface area contributed by atoms with Gasteiger partial charge in [-0.05, 0) is 39.0 Å². The molecule has 0 spiro atoms. The molecule has 0 aromatic carbocycles. The maximum absolute atomic E-state index is 13.0. The summed E-state index contributed by atoms with van der Waals surface area (Å²) in [5.74, 6) is -1.31. The summed E-state index contributed by atoms with van der Waals surface area (Å²) >= 11 is 0. The van der Waals surface area contributed by atoms with Crippen LogP contribution in [0.2, 0.25) is 0 Å². The second kappa shape index (κ2) is 6.71. The van der Waals surface area contributed by atoms with E-state index in [1.54, 1.807) is 0 Å². The summed E-state index contributed by atoms with van der Waals surface area (Å²) in [6.07, 6.45) is -5.49. The zero-order valence-corrected chi connectivity index (χ0v) is 13.2. The molecule has 1 unspecified atom stereocenters. The lowest BCUT2D eigenvalue weighted by atomic mass is 9.86. The number of hydrogen-bond acceptors (Lipinski definition) is 5. The van der Waals surface area contributed by atoms with Gasteiger partial charge >= 0.3 is 22.4 Å². The van der Waals surface area contributed by atoms with E-state index in [9.17, 15) is 26.4 Å². The average Bonchev–Trinajstić information content (AvgIpc) is 2.36. The summed E-state index contributed by atoms with van der Waals surface area (Å²) < 4.78 is 70.0. The van der Waals surface area contributed by atoms with Gasteiger partial charge in [0, 0.05) is 0 Å². The first-order valence-electron chi connectivity index (χ1n) is 6.88. The molecule has 0 aromatic heterocycles. The molecular formula is C12H20F3NO5S. The fourth-order valence-corrected chi connectivity index (χ4v) is 2.75. The number of ether oxygens (including phenoxy) is 1. The Bertz CT molecular complexity index is 499. The third-order valence-electron chi connectivity index (χ3n) is 3.95. The highest BCUT2D eigenvalue weighted by molar-refractivity contribution is 7.84. The molecule has 10 heteroatoms. The monoisotopic (exact) mass is 347 g/mol. The van der Waals surface area contributed by atoms with Gasteiger partial charge in [0.1, 0.15) is 6.10 Å². The van der Waals surface area contributed by atoms with E-state index in [-0.39, 0.29) is 25.7 Å². The molecule has 0 saturated heterocycles. The number of rotatable bonds is 5. The molecular weight excluding hydrogens is 327 g/mol. The Morgan fingerprint density at radius 2 is 1.64 bits per heavy atom. The van der Waals surface area contributed by atoms with Crippen LogP contribution in [0.15, 0.2) is 0 Å². The molecule has 1 atom stereocenters. The van der Waals surface area contributed by atoms with Crippen LogP contribution in [0.4, 0.5) is 13.2 Å². The maximum atomic E-state index is 13.0. The maximum Gasteiger partial charge on any atom is 0.404 e. The number of esters is 1. The summed E-state index contributed by atoms with van der Waals surface area (Å²) in [7, 11) is -4.07. The lowest BCUT2D eigenvalue weighted by Gasteiger charge is -2.33. The van der Waals surface area contributed by atoms with Gasteiger partial charge < -0.3 is 4.74 Å². The van der Waals surface area contributed by atoms with Crippen molar-refractivity contribution in [3.05, 3.63) is 0 Å². The largest absolute Gasteiger partial charge is 0.462 e. The van der Waals surface area contributed by atoms with E-state index in [2.05, 4.69) is 4.18 Å². The molecule has 6 nitrogen and oxygen atoms in total. The highest BCUT2D eigenvalue weighted by atomic mass is 32.2. The van der Waals surface area contributed by atoms with Crippen molar-refractivity contribution in [2.75, 3.05) is 0 Å². The van der Waals surface area contributed by atoms with E-state index in [1.807, 2.05) is 0 Å². The number of halogens is 3. The fraction of sp³-hybridized carbons (Fsp3) is 0.917. The lowest BCUT2D eigenvalue weighted by molar-refractivity contribution is -0.234. The van der Waals surface area contributed by atoms with Crippen molar-refractivity contribution >= 4 is 16.3 Å². The van der Waals surface area contributed by atoms with Crippen molar-refractivity contribution in [2.24, 2.45) is 10.6 Å². The first-order chi connectivity index (χ1) is 9.89. The van der Waals surface area contributed by atoms with Crippen LogP contribution in [-0.2, 0) is 24.0 Å². The van der Waals surface area contributed by atoms with Gasteiger partial charge in [-0.2, -0.15) is 21.6 Å². The van der Waals surface area contributed by atoms with E-state index in [0.29, 0.717) is 0 Å². The van der Waals surface area contributed by atoms with Crippen molar-refractivity contribution in [2.45, 2.75) is 64.3 Å². The van der Waals surface area contributed by atoms with Gasteiger partial charge in [0.05, 0.1) is 6.10 Å². The van der Waals surface area contributed by atoms with Crippen molar-refractivity contribution in [1.29, 1.82) is 0 Å². The molecule has 130 valence electrons. The van der Waals surface area contributed by atoms with Crippen LogP contribution in [-0.4, -0.2) is 32.8 Å². The molecule has 0 bridgehead atoms. The normalized spacial score (nSPS) is 26.3. The van der Waals surface area contributed by atoms with Crippen molar-refractivity contribution < 1.29 is 35.3 Å². The minimum Gasteiger partial charge on any atom is -0.462 e. The van der Waals surface area contributed by atoms with E-state index < -0.39 is 46.5 Å². The molecule has 2 N–H and O–H groups in total. The van der Waals surface area contributed by atoms with Crippen LogP contribution in [0.25, 0.3) is 0 Å². The topological polar surface area (TPSA) is 95.7 Å². The zero-order valence-electron chi connectivity index (χ0n) is 12.4. The lowest BCUT2D eigenvalue weighted by Crippen LogP contribution is -2.45. The standard InChI is InChI=1S/C12H20F3NO5S/c1-3-11(2,12(13,14)15)10(17)20-8-4-6-9(7-5-8)21-22(16,18)19/h8-9H,3-7H2,1-2H3,(H2,16,18,19). The second-order valence-electron chi connectivity index (χ2n) is 5.58. The molecule has 0 aromatic rings. The number of hydrogen-bond donors (Lipinski definition) is 1. The number of nitrogens with two attached hydrogens (primary N) is 1. The van der Waals surface area contributed by atoms with Crippen molar-refractivity contribution in [1.82, 2.24) is 0 Å². The van der Waals surface area contributed by atoms with Crippen molar-refractivity contribution in [3.63, 3.8) is 0 Å². The number of carbonyl (C=O) groups is 1. The van der Waals surface area contributed by atoms with E-state index >= 15 is 0 Å². The van der Waals surface area contributed by atoms with Gasteiger partial charge in [0.25, 0.3) is 0 Å². The Balaban J connectivity index is 2.58. The Morgan fingerprint density at radius 3 is 2.00 bits per heavy atom. The molecule has 0 radical (unpaired) electrons. The number of alkyl halides is 3. The van der Waals surface area contributed by atoms with Gasteiger partial charge in [0.2, 0.25) is 0 Å². The second-order valence-corrected chi connectivity index (χ2v) is 6.75. The highest BCUT2D eigenvalue weighted by Crippen LogP contribution is 2.42. The zero-order chi connectivity index (χ0) is 17.2. The first-order valence-corrected chi connectivity index (χ1v) is 8.35. The van der Waals surface area contributed by atoms with Crippen LogP contribution in [0.1, 0.15) is 46.0 Å². The van der Waals surface area contributed by atoms with Gasteiger partial charge in [-0.1, -0.05) is 6.92 Å². The average molecular weight is 347 g/mol. The van der Waals surface area contributed by atoms with Crippen LogP contribution < -0.4 is 5.14 Å². The molecule has 1 rings (SSSR count). The summed E-state index contributed by atoms with van der Waals surface area (Å²) in [5, 5.41) is 4.74. The molecule has 1 fully saturated rings. The van der Waals surface area contributed by atoms with Crippen LogP contribution >= 0.6 is 0 Å². The van der Waals surface area contributed by atoms with Crippen molar-refractivity contribution in [3.8, 4) is 0 Å². The molecule has 1 aliphatic carbocycles. The summed E-state index contributed by atoms with van der Waals surface area (Å²) in [4.78, 5) is 11.8. The molecule has 1 saturated carbocycles. The smallest absolute Gasteiger partial charge is 0.404 e. The minimum absolute atomic E-state index is 0.226. The van der Waals surface area contributed by atoms with E-state index in [0.717, 1.165) is 6.92 Å². The van der Waals surface area contributed by atoms with Gasteiger partial charge in [-0.3, -0.25) is 8.98 Å². The van der Waals surface area contributed by atoms with Crippen LogP contribution in [0.5, 0.6) is 0 Å². The third-order valence-corrected chi connectivity index (χ3v) is 4.49. The number of carbonyl (C=O) groups excluding carboxylic acids is 1. The molecule has 0 heterocycles. The predicted octanol–water partition coefficient (Wildman–Crippen LogP) is 2.04. The molecule has 0 aliphatic heterocycles. The SMILES string of the molecule is CCC(C)(C(=O)OC1CCC(OS(N)(=O)=O)CC1)C(F)(F)F. The van der Waals surface area contributed by atoms with E-state index in [4.69, 9.17) is 9.88 Å². The van der Waals surface area contributed by atoms with Gasteiger partial charge in [-0.25, -0.2) is 5.14 Å². The molecule has 1 aliphatic rings. The summed E-state index contributed by atoms with van der Waals surface area (Å²) in [6, 6.07) is 0. The fourth-order valence-electron chi connectivity index (χ4n) is 2.18. The summed E-state index contributed by atoms with van der Waals surface area (Å²) in [5.41, 5.74) is -2.54. The summed E-state index contributed by atoms with van der Waals surface area (Å²) in [6.45, 7) is 2.08. The Kier molecular flexibility index (Phi) is 5.85. The highest BCUT2D eigenvalue weighted by Gasteiger charge is 2.57. The van der Waals surface area contributed by atoms with Gasteiger partial charge in [0.15, 0.2) is 5.41 Å². The predicted molar refractivity (Wildman–Crippen MR) is 70.8 cm³/mol. The van der Waals surface area contributed by atoms with Crippen LogP contribution in [0, 0.1) is 5.41 Å². The quantitative estimate of drug-likeness (QED) is 0.768. The Labute approximate surface area is 127 Å². The third kappa shape index (κ3) is 4.82. The van der Waals surface area contributed by atoms with E-state index in [1.165, 1.54) is 6.92 Å². The molecule has 0 amide bonds. The molecule has 22 heavy (non-hydrogen) atoms. The first kappa shape index (κ1) is 19.2. The van der Waals surface area contributed by atoms with Gasteiger partial charge in [-0.15, -0.1) is 0 Å². The minimum atomic E-state index is -4.69. The Morgan fingerprint density at radius 1 is 1.18 bits per heavy atom. The Hall–Kier alpha value is -0.870. The van der Waals surface area contributed by atoms with Crippen LogP contribution in [0.3, 0.4) is 0 Å².